The Hall–Kier alpha value is -1.69. The highest BCUT2D eigenvalue weighted by atomic mass is 32.2. The first-order valence-electron chi connectivity index (χ1n) is 7.86. The topological polar surface area (TPSA) is 63.7 Å². The number of likely N-dealkylation sites (tertiary alicyclic amines) is 1. The Kier molecular flexibility index (Phi) is 6.33. The highest BCUT2D eigenvalue weighted by Crippen LogP contribution is 2.20. The summed E-state index contributed by atoms with van der Waals surface area (Å²) in [6.07, 6.45) is 3.20. The zero-order valence-electron chi connectivity index (χ0n) is 13.6. The quantitative estimate of drug-likeness (QED) is 0.771. The molecule has 1 aromatic rings. The summed E-state index contributed by atoms with van der Waals surface area (Å²) in [6.45, 7) is 3.20. The van der Waals surface area contributed by atoms with Gasteiger partial charge in [-0.1, -0.05) is 12.1 Å². The Bertz CT molecular complexity index is 602. The fourth-order valence-corrected chi connectivity index (χ4v) is 3.47. The molecule has 126 valence electrons. The number of carbonyl (C=O) groups is 2. The van der Waals surface area contributed by atoms with E-state index in [0.717, 1.165) is 18.4 Å². The van der Waals surface area contributed by atoms with E-state index in [0.29, 0.717) is 31.0 Å². The van der Waals surface area contributed by atoms with Crippen molar-refractivity contribution in [1.29, 1.82) is 0 Å². The third-order valence-electron chi connectivity index (χ3n) is 3.87. The SMILES string of the molecule is CCOC(=O)C1CCCN(C(=O)c2cccc(CS(C)=O)c2)C1. The van der Waals surface area contributed by atoms with E-state index >= 15 is 0 Å². The highest BCUT2D eigenvalue weighted by molar-refractivity contribution is 7.83. The van der Waals surface area contributed by atoms with E-state index in [1.165, 1.54) is 0 Å². The molecule has 1 saturated heterocycles. The van der Waals surface area contributed by atoms with Crippen LogP contribution < -0.4 is 0 Å². The molecule has 0 aromatic heterocycles. The molecule has 5 nitrogen and oxygen atoms in total. The molecule has 0 N–H and O–H groups in total. The second-order valence-corrected chi connectivity index (χ2v) is 7.20. The van der Waals surface area contributed by atoms with E-state index in [2.05, 4.69) is 0 Å². The molecule has 1 fully saturated rings. The number of piperidine rings is 1. The second-order valence-electron chi connectivity index (χ2n) is 5.76. The van der Waals surface area contributed by atoms with Gasteiger partial charge in [0.05, 0.1) is 12.5 Å². The Morgan fingerprint density at radius 1 is 1.39 bits per heavy atom. The van der Waals surface area contributed by atoms with Crippen molar-refractivity contribution in [3.05, 3.63) is 35.4 Å². The number of amides is 1. The lowest BCUT2D eigenvalue weighted by atomic mass is 9.97. The molecule has 2 rings (SSSR count). The van der Waals surface area contributed by atoms with Crippen LogP contribution in [0.15, 0.2) is 24.3 Å². The van der Waals surface area contributed by atoms with Crippen molar-refractivity contribution < 1.29 is 18.5 Å². The fraction of sp³-hybridized carbons (Fsp3) is 0.529. The van der Waals surface area contributed by atoms with Crippen molar-refractivity contribution in [3.8, 4) is 0 Å². The van der Waals surface area contributed by atoms with E-state index < -0.39 is 10.8 Å². The maximum atomic E-state index is 12.7. The maximum Gasteiger partial charge on any atom is 0.310 e. The Balaban J connectivity index is 2.07. The zero-order chi connectivity index (χ0) is 16.8. The molecule has 0 saturated carbocycles. The van der Waals surface area contributed by atoms with Crippen molar-refractivity contribution in [1.82, 2.24) is 4.90 Å². The number of nitrogens with zero attached hydrogens (tertiary/aromatic N) is 1. The van der Waals surface area contributed by atoms with Crippen LogP contribution in [0.25, 0.3) is 0 Å². The molecule has 1 aliphatic heterocycles. The van der Waals surface area contributed by atoms with Crippen LogP contribution in [0.1, 0.15) is 35.7 Å². The monoisotopic (exact) mass is 337 g/mol. The van der Waals surface area contributed by atoms with Gasteiger partial charge in [-0.05, 0) is 37.5 Å². The van der Waals surface area contributed by atoms with Crippen LogP contribution in [0.4, 0.5) is 0 Å². The van der Waals surface area contributed by atoms with Crippen LogP contribution >= 0.6 is 0 Å². The van der Waals surface area contributed by atoms with Crippen LogP contribution in [0.3, 0.4) is 0 Å². The van der Waals surface area contributed by atoms with Crippen LogP contribution in [0.2, 0.25) is 0 Å². The van der Waals surface area contributed by atoms with E-state index in [-0.39, 0.29) is 17.8 Å². The summed E-state index contributed by atoms with van der Waals surface area (Å²) < 4.78 is 16.4. The van der Waals surface area contributed by atoms with Crippen LogP contribution in [0, 0.1) is 5.92 Å². The highest BCUT2D eigenvalue weighted by Gasteiger charge is 2.29. The number of carbonyl (C=O) groups excluding carboxylic acids is 2. The van der Waals surface area contributed by atoms with E-state index in [1.807, 2.05) is 12.1 Å². The van der Waals surface area contributed by atoms with Crippen molar-refractivity contribution in [3.63, 3.8) is 0 Å². The molecule has 0 bridgehead atoms. The Labute approximate surface area is 139 Å². The molecule has 23 heavy (non-hydrogen) atoms. The molecule has 0 spiro atoms. The van der Waals surface area contributed by atoms with Crippen molar-refractivity contribution in [2.45, 2.75) is 25.5 Å². The minimum absolute atomic E-state index is 0.0808. The van der Waals surface area contributed by atoms with Crippen molar-refractivity contribution >= 4 is 22.7 Å². The Morgan fingerprint density at radius 3 is 2.87 bits per heavy atom. The number of benzene rings is 1. The number of ether oxygens (including phenoxy) is 1. The number of hydrogen-bond donors (Lipinski definition) is 0. The molecule has 1 heterocycles. The summed E-state index contributed by atoms with van der Waals surface area (Å²) in [5, 5.41) is 0. The Morgan fingerprint density at radius 2 is 2.17 bits per heavy atom. The average molecular weight is 337 g/mol. The van der Waals surface area contributed by atoms with Gasteiger partial charge in [0.25, 0.3) is 5.91 Å². The minimum atomic E-state index is -0.943. The molecular formula is C17H23NO4S. The summed E-state index contributed by atoms with van der Waals surface area (Å²) in [4.78, 5) is 26.3. The van der Waals surface area contributed by atoms with Gasteiger partial charge in [-0.15, -0.1) is 0 Å². The van der Waals surface area contributed by atoms with E-state index in [4.69, 9.17) is 4.74 Å². The van der Waals surface area contributed by atoms with Gasteiger partial charge in [0.15, 0.2) is 0 Å². The van der Waals surface area contributed by atoms with Gasteiger partial charge in [-0.2, -0.15) is 0 Å². The zero-order valence-corrected chi connectivity index (χ0v) is 14.4. The van der Waals surface area contributed by atoms with Gasteiger partial charge < -0.3 is 9.64 Å². The van der Waals surface area contributed by atoms with E-state index in [1.54, 1.807) is 30.2 Å². The third kappa shape index (κ3) is 4.89. The lowest BCUT2D eigenvalue weighted by Gasteiger charge is -2.31. The van der Waals surface area contributed by atoms with Crippen LogP contribution in [-0.4, -0.2) is 46.9 Å². The average Bonchev–Trinajstić information content (AvgIpc) is 2.54. The van der Waals surface area contributed by atoms with Gasteiger partial charge in [-0.3, -0.25) is 13.8 Å². The molecule has 0 radical (unpaired) electrons. The van der Waals surface area contributed by atoms with Gasteiger partial charge in [0, 0.05) is 41.5 Å². The number of esters is 1. The summed E-state index contributed by atoms with van der Waals surface area (Å²) >= 11 is 0. The third-order valence-corrected chi connectivity index (χ3v) is 4.61. The molecule has 2 atom stereocenters. The predicted molar refractivity (Wildman–Crippen MR) is 89.5 cm³/mol. The standard InChI is InChI=1S/C17H23NO4S/c1-3-22-17(20)15-8-5-9-18(11-15)16(19)14-7-4-6-13(10-14)12-23(2)21/h4,6-7,10,15H,3,5,8-9,11-12H2,1-2H3. The summed E-state index contributed by atoms with van der Waals surface area (Å²) in [5.41, 5.74) is 1.47. The maximum absolute atomic E-state index is 12.7. The van der Waals surface area contributed by atoms with Gasteiger partial charge in [-0.25, -0.2) is 0 Å². The normalized spacial score (nSPS) is 19.2. The van der Waals surface area contributed by atoms with Crippen LogP contribution in [0.5, 0.6) is 0 Å². The first kappa shape index (κ1) is 17.7. The lowest BCUT2D eigenvalue weighted by Crippen LogP contribution is -2.42. The minimum Gasteiger partial charge on any atom is -0.466 e. The summed E-state index contributed by atoms with van der Waals surface area (Å²) in [7, 11) is -0.943. The van der Waals surface area contributed by atoms with Gasteiger partial charge in [0.1, 0.15) is 0 Å². The first-order chi connectivity index (χ1) is 11.0. The lowest BCUT2D eigenvalue weighted by molar-refractivity contribution is -0.149. The molecule has 1 aliphatic rings. The van der Waals surface area contributed by atoms with Gasteiger partial charge >= 0.3 is 5.97 Å². The smallest absolute Gasteiger partial charge is 0.310 e. The largest absolute Gasteiger partial charge is 0.466 e. The van der Waals surface area contributed by atoms with Crippen molar-refractivity contribution in [2.75, 3.05) is 26.0 Å². The second kappa shape index (κ2) is 8.24. The van der Waals surface area contributed by atoms with Gasteiger partial charge in [0.2, 0.25) is 0 Å². The number of rotatable bonds is 5. The molecule has 1 amide bonds. The molecular weight excluding hydrogens is 314 g/mol. The predicted octanol–water partition coefficient (Wildman–Crippen LogP) is 1.98. The molecule has 1 aromatic carbocycles. The molecule has 2 unspecified atom stereocenters. The van der Waals surface area contributed by atoms with Crippen LogP contribution in [-0.2, 0) is 26.1 Å². The molecule has 6 heteroatoms. The molecule has 0 aliphatic carbocycles. The summed E-state index contributed by atoms with van der Waals surface area (Å²) in [5.74, 6) is -0.103. The van der Waals surface area contributed by atoms with E-state index in [9.17, 15) is 13.8 Å². The number of hydrogen-bond acceptors (Lipinski definition) is 4. The summed E-state index contributed by atoms with van der Waals surface area (Å²) in [6, 6.07) is 7.23. The fourth-order valence-electron chi connectivity index (χ4n) is 2.83. The van der Waals surface area contributed by atoms with Crippen molar-refractivity contribution in [2.24, 2.45) is 5.92 Å². The first-order valence-corrected chi connectivity index (χ1v) is 9.59.